The molecule has 1 amide bonds. The minimum absolute atomic E-state index is 0.295. The Bertz CT molecular complexity index is 309. The SMILES string of the molecule is CC(CC(=O)N(C)C1CCCCC1CN)CC(C)(C)C. The monoisotopic (exact) mass is 282 g/mol. The fourth-order valence-electron chi connectivity index (χ4n) is 3.72. The van der Waals surface area contributed by atoms with Crippen LogP contribution in [-0.2, 0) is 4.79 Å². The van der Waals surface area contributed by atoms with Crippen LogP contribution in [0.15, 0.2) is 0 Å². The first-order valence-corrected chi connectivity index (χ1v) is 8.20. The molecular formula is C17H34N2O. The summed E-state index contributed by atoms with van der Waals surface area (Å²) >= 11 is 0. The summed E-state index contributed by atoms with van der Waals surface area (Å²) < 4.78 is 0. The van der Waals surface area contributed by atoms with Crippen molar-refractivity contribution >= 4 is 5.91 Å². The zero-order valence-electron chi connectivity index (χ0n) is 14.1. The molecule has 3 unspecified atom stereocenters. The molecule has 3 nitrogen and oxygen atoms in total. The van der Waals surface area contributed by atoms with Crippen LogP contribution in [0, 0.1) is 17.3 Å². The van der Waals surface area contributed by atoms with Crippen molar-refractivity contribution in [3.63, 3.8) is 0 Å². The number of rotatable bonds is 5. The van der Waals surface area contributed by atoms with Crippen LogP contribution in [0.1, 0.15) is 66.2 Å². The van der Waals surface area contributed by atoms with Crippen molar-refractivity contribution in [3.8, 4) is 0 Å². The van der Waals surface area contributed by atoms with E-state index >= 15 is 0 Å². The van der Waals surface area contributed by atoms with Gasteiger partial charge in [-0.1, -0.05) is 40.5 Å². The molecule has 118 valence electrons. The molecule has 0 aromatic rings. The van der Waals surface area contributed by atoms with E-state index in [4.69, 9.17) is 5.73 Å². The average Bonchev–Trinajstić information content (AvgIpc) is 2.35. The van der Waals surface area contributed by atoms with Crippen molar-refractivity contribution in [2.45, 2.75) is 72.3 Å². The average molecular weight is 282 g/mol. The molecular weight excluding hydrogens is 248 g/mol. The van der Waals surface area contributed by atoms with Crippen molar-refractivity contribution < 1.29 is 4.79 Å². The number of nitrogens with zero attached hydrogens (tertiary/aromatic N) is 1. The molecule has 1 rings (SSSR count). The summed E-state index contributed by atoms with van der Waals surface area (Å²) in [5.74, 6) is 1.24. The molecule has 0 heterocycles. The topological polar surface area (TPSA) is 46.3 Å². The molecule has 0 aromatic heterocycles. The number of hydrogen-bond donors (Lipinski definition) is 1. The molecule has 1 fully saturated rings. The second-order valence-electron chi connectivity index (χ2n) is 7.93. The molecule has 3 heteroatoms. The zero-order chi connectivity index (χ0) is 15.3. The summed E-state index contributed by atoms with van der Waals surface area (Å²) in [6.45, 7) is 9.62. The van der Waals surface area contributed by atoms with Crippen molar-refractivity contribution in [2.24, 2.45) is 23.0 Å². The molecule has 0 radical (unpaired) electrons. The van der Waals surface area contributed by atoms with Gasteiger partial charge in [0.05, 0.1) is 0 Å². The van der Waals surface area contributed by atoms with Crippen molar-refractivity contribution in [1.82, 2.24) is 4.90 Å². The first-order valence-electron chi connectivity index (χ1n) is 8.20. The molecule has 1 aliphatic carbocycles. The maximum Gasteiger partial charge on any atom is 0.222 e. The number of hydrogen-bond acceptors (Lipinski definition) is 2. The van der Waals surface area contributed by atoms with E-state index in [2.05, 4.69) is 27.7 Å². The van der Waals surface area contributed by atoms with E-state index in [1.54, 1.807) is 0 Å². The van der Waals surface area contributed by atoms with Crippen LogP contribution < -0.4 is 5.73 Å². The lowest BCUT2D eigenvalue weighted by Crippen LogP contribution is -2.46. The summed E-state index contributed by atoms with van der Waals surface area (Å²) in [6, 6.07) is 0.364. The molecule has 1 aliphatic rings. The summed E-state index contributed by atoms with van der Waals surface area (Å²) in [6.07, 6.45) is 6.56. The first kappa shape index (κ1) is 17.5. The van der Waals surface area contributed by atoms with E-state index in [1.807, 2.05) is 11.9 Å². The van der Waals surface area contributed by atoms with Crippen LogP contribution in [-0.4, -0.2) is 30.4 Å². The lowest BCUT2D eigenvalue weighted by Gasteiger charge is -2.38. The van der Waals surface area contributed by atoms with Crippen LogP contribution in [0.25, 0.3) is 0 Å². The van der Waals surface area contributed by atoms with E-state index in [0.29, 0.717) is 42.2 Å². The maximum absolute atomic E-state index is 12.5. The number of carbonyl (C=O) groups excluding carboxylic acids is 1. The predicted octanol–water partition coefficient (Wildman–Crippen LogP) is 3.42. The zero-order valence-corrected chi connectivity index (χ0v) is 14.1. The number of amides is 1. The van der Waals surface area contributed by atoms with E-state index in [1.165, 1.54) is 19.3 Å². The standard InChI is InChI=1S/C17H34N2O/c1-13(11-17(2,3)4)10-16(20)19(5)15-9-7-6-8-14(15)12-18/h13-15H,6-12,18H2,1-5H3. The van der Waals surface area contributed by atoms with Gasteiger partial charge in [0.15, 0.2) is 0 Å². The highest BCUT2D eigenvalue weighted by molar-refractivity contribution is 5.76. The Labute approximate surface area is 125 Å². The van der Waals surface area contributed by atoms with Gasteiger partial charge >= 0.3 is 0 Å². The lowest BCUT2D eigenvalue weighted by atomic mass is 9.82. The summed E-state index contributed by atoms with van der Waals surface area (Å²) in [7, 11) is 1.98. The normalized spacial score (nSPS) is 25.3. The molecule has 2 N–H and O–H groups in total. The lowest BCUT2D eigenvalue weighted by molar-refractivity contribution is -0.134. The third-order valence-corrected chi connectivity index (χ3v) is 4.55. The van der Waals surface area contributed by atoms with E-state index < -0.39 is 0 Å². The highest BCUT2D eigenvalue weighted by Crippen LogP contribution is 2.29. The van der Waals surface area contributed by atoms with Gasteiger partial charge in [0, 0.05) is 19.5 Å². The van der Waals surface area contributed by atoms with Gasteiger partial charge < -0.3 is 10.6 Å². The molecule has 0 spiro atoms. The first-order chi connectivity index (χ1) is 9.24. The Balaban J connectivity index is 2.53. The van der Waals surface area contributed by atoms with Crippen LogP contribution >= 0.6 is 0 Å². The fraction of sp³-hybridized carbons (Fsp3) is 0.941. The Hall–Kier alpha value is -0.570. The van der Waals surface area contributed by atoms with Crippen molar-refractivity contribution in [3.05, 3.63) is 0 Å². The van der Waals surface area contributed by atoms with Gasteiger partial charge in [0.1, 0.15) is 0 Å². The molecule has 0 bridgehead atoms. The highest BCUT2D eigenvalue weighted by atomic mass is 16.2. The van der Waals surface area contributed by atoms with Crippen molar-refractivity contribution in [2.75, 3.05) is 13.6 Å². The van der Waals surface area contributed by atoms with Gasteiger partial charge in [-0.3, -0.25) is 4.79 Å². The van der Waals surface area contributed by atoms with E-state index in [-0.39, 0.29) is 0 Å². The Morgan fingerprint density at radius 2 is 1.90 bits per heavy atom. The number of carbonyl (C=O) groups is 1. The largest absolute Gasteiger partial charge is 0.342 e. The predicted molar refractivity (Wildman–Crippen MR) is 85.4 cm³/mol. The second-order valence-corrected chi connectivity index (χ2v) is 7.93. The van der Waals surface area contributed by atoms with Gasteiger partial charge in [-0.15, -0.1) is 0 Å². The van der Waals surface area contributed by atoms with Gasteiger partial charge in [-0.25, -0.2) is 0 Å². The fourth-order valence-corrected chi connectivity index (χ4v) is 3.72. The minimum Gasteiger partial charge on any atom is -0.342 e. The van der Waals surface area contributed by atoms with Gasteiger partial charge in [0.2, 0.25) is 5.91 Å². The minimum atomic E-state index is 0.295. The summed E-state index contributed by atoms with van der Waals surface area (Å²) in [4.78, 5) is 14.5. The summed E-state index contributed by atoms with van der Waals surface area (Å²) in [5.41, 5.74) is 6.17. The Morgan fingerprint density at radius 1 is 1.30 bits per heavy atom. The van der Waals surface area contributed by atoms with Gasteiger partial charge in [0.25, 0.3) is 0 Å². The highest BCUT2D eigenvalue weighted by Gasteiger charge is 2.30. The third kappa shape index (κ3) is 5.43. The molecule has 3 atom stereocenters. The molecule has 0 saturated heterocycles. The van der Waals surface area contributed by atoms with E-state index in [9.17, 15) is 4.79 Å². The molecule has 20 heavy (non-hydrogen) atoms. The quantitative estimate of drug-likeness (QED) is 0.840. The van der Waals surface area contributed by atoms with Crippen molar-refractivity contribution in [1.29, 1.82) is 0 Å². The van der Waals surface area contributed by atoms with Crippen LogP contribution in [0.3, 0.4) is 0 Å². The van der Waals surface area contributed by atoms with E-state index in [0.717, 1.165) is 12.8 Å². The summed E-state index contributed by atoms with van der Waals surface area (Å²) in [5, 5.41) is 0. The Kier molecular flexibility index (Phi) is 6.50. The van der Waals surface area contributed by atoms with Crippen LogP contribution in [0.5, 0.6) is 0 Å². The number of nitrogens with two attached hydrogens (primary N) is 1. The van der Waals surface area contributed by atoms with Gasteiger partial charge in [-0.2, -0.15) is 0 Å². The second kappa shape index (κ2) is 7.44. The van der Waals surface area contributed by atoms with Gasteiger partial charge in [-0.05, 0) is 43.1 Å². The smallest absolute Gasteiger partial charge is 0.222 e. The molecule has 0 aromatic carbocycles. The molecule has 1 saturated carbocycles. The third-order valence-electron chi connectivity index (χ3n) is 4.55. The van der Waals surface area contributed by atoms with Crippen LogP contribution in [0.4, 0.5) is 0 Å². The molecule has 0 aliphatic heterocycles. The maximum atomic E-state index is 12.5. The van der Waals surface area contributed by atoms with Crippen LogP contribution in [0.2, 0.25) is 0 Å². The Morgan fingerprint density at radius 3 is 2.45 bits per heavy atom.